The Morgan fingerprint density at radius 1 is 1.20 bits per heavy atom. The number of para-hydroxylation sites is 1. The van der Waals surface area contributed by atoms with Gasteiger partial charge in [0.25, 0.3) is 0 Å². The van der Waals surface area contributed by atoms with Crippen LogP contribution in [0.5, 0.6) is 11.5 Å². The summed E-state index contributed by atoms with van der Waals surface area (Å²) in [4.78, 5) is 0. The number of benzene rings is 2. The standard InChI is InChI=1S/C17H18ClNO/c1-19-16-7-4-5-12-11-13(9-10-14(12)16)20-17-8-3-2-6-15(17)18/h2-3,6,8-11,16,19H,4-5,7H2,1H3/t16-/m1/s1. The van der Waals surface area contributed by atoms with Crippen LogP contribution in [0.15, 0.2) is 42.5 Å². The molecule has 0 saturated heterocycles. The van der Waals surface area contributed by atoms with Gasteiger partial charge in [-0.2, -0.15) is 0 Å². The van der Waals surface area contributed by atoms with Crippen molar-refractivity contribution in [1.82, 2.24) is 5.32 Å². The first-order valence-electron chi connectivity index (χ1n) is 7.00. The SMILES string of the molecule is CN[C@@H]1CCCc2cc(Oc3ccccc3Cl)ccc21. The summed E-state index contributed by atoms with van der Waals surface area (Å²) < 4.78 is 5.89. The molecule has 1 N–H and O–H groups in total. The van der Waals surface area contributed by atoms with E-state index in [2.05, 4.69) is 17.4 Å². The lowest BCUT2D eigenvalue weighted by molar-refractivity contribution is 0.471. The van der Waals surface area contributed by atoms with Crippen LogP contribution in [0.3, 0.4) is 0 Å². The Bertz CT molecular complexity index is 612. The van der Waals surface area contributed by atoms with Crippen molar-refractivity contribution in [1.29, 1.82) is 0 Å². The molecule has 0 spiro atoms. The largest absolute Gasteiger partial charge is 0.456 e. The number of hydrogen-bond donors (Lipinski definition) is 1. The van der Waals surface area contributed by atoms with Gasteiger partial charge in [0.2, 0.25) is 0 Å². The maximum atomic E-state index is 6.13. The van der Waals surface area contributed by atoms with Crippen LogP contribution in [0.4, 0.5) is 0 Å². The van der Waals surface area contributed by atoms with Crippen LogP contribution < -0.4 is 10.1 Å². The number of fused-ring (bicyclic) bond motifs is 1. The highest BCUT2D eigenvalue weighted by Gasteiger charge is 2.19. The van der Waals surface area contributed by atoms with Crippen molar-refractivity contribution < 1.29 is 4.74 Å². The van der Waals surface area contributed by atoms with Crippen LogP contribution >= 0.6 is 11.6 Å². The van der Waals surface area contributed by atoms with Crippen LogP contribution in [-0.4, -0.2) is 7.05 Å². The molecule has 2 aromatic carbocycles. The highest BCUT2D eigenvalue weighted by atomic mass is 35.5. The zero-order chi connectivity index (χ0) is 13.9. The second-order valence-corrected chi connectivity index (χ2v) is 5.53. The minimum Gasteiger partial charge on any atom is -0.456 e. The lowest BCUT2D eigenvalue weighted by Gasteiger charge is -2.25. The second-order valence-electron chi connectivity index (χ2n) is 5.13. The first kappa shape index (κ1) is 13.5. The number of nitrogens with one attached hydrogen (secondary N) is 1. The lowest BCUT2D eigenvalue weighted by atomic mass is 9.87. The molecule has 0 fully saturated rings. The molecule has 0 radical (unpaired) electrons. The van der Waals surface area contributed by atoms with Gasteiger partial charge < -0.3 is 10.1 Å². The maximum absolute atomic E-state index is 6.13. The van der Waals surface area contributed by atoms with E-state index < -0.39 is 0 Å². The smallest absolute Gasteiger partial charge is 0.146 e. The van der Waals surface area contributed by atoms with E-state index in [1.165, 1.54) is 24.0 Å². The summed E-state index contributed by atoms with van der Waals surface area (Å²) in [6.07, 6.45) is 3.54. The Morgan fingerprint density at radius 3 is 2.85 bits per heavy atom. The second kappa shape index (κ2) is 5.86. The Balaban J connectivity index is 1.87. The van der Waals surface area contributed by atoms with Crippen molar-refractivity contribution in [3.8, 4) is 11.5 Å². The van der Waals surface area contributed by atoms with Gasteiger partial charge in [0.05, 0.1) is 5.02 Å². The fraction of sp³-hybridized carbons (Fsp3) is 0.294. The normalized spacial score (nSPS) is 17.6. The Hall–Kier alpha value is -1.51. The van der Waals surface area contributed by atoms with Gasteiger partial charge in [-0.25, -0.2) is 0 Å². The van der Waals surface area contributed by atoms with Gasteiger partial charge >= 0.3 is 0 Å². The third kappa shape index (κ3) is 2.67. The molecule has 0 heterocycles. The van der Waals surface area contributed by atoms with E-state index in [4.69, 9.17) is 16.3 Å². The van der Waals surface area contributed by atoms with Crippen LogP contribution in [0.2, 0.25) is 5.02 Å². The van der Waals surface area contributed by atoms with Gasteiger partial charge in [-0.15, -0.1) is 0 Å². The average Bonchev–Trinajstić information content (AvgIpc) is 2.49. The van der Waals surface area contributed by atoms with Crippen molar-refractivity contribution in [2.45, 2.75) is 25.3 Å². The van der Waals surface area contributed by atoms with Crippen LogP contribution in [0, 0.1) is 0 Å². The summed E-state index contributed by atoms with van der Waals surface area (Å²) in [5.41, 5.74) is 2.77. The molecular weight excluding hydrogens is 270 g/mol. The van der Waals surface area contributed by atoms with Crippen LogP contribution in [0.25, 0.3) is 0 Å². The fourth-order valence-electron chi connectivity index (χ4n) is 2.81. The third-order valence-corrected chi connectivity index (χ3v) is 4.15. The van der Waals surface area contributed by atoms with E-state index in [-0.39, 0.29) is 0 Å². The number of ether oxygens (including phenoxy) is 1. The summed E-state index contributed by atoms with van der Waals surface area (Å²) >= 11 is 6.13. The Morgan fingerprint density at radius 2 is 2.05 bits per heavy atom. The molecule has 0 aliphatic heterocycles. The van der Waals surface area contributed by atoms with E-state index in [9.17, 15) is 0 Å². The average molecular weight is 288 g/mol. The molecular formula is C17H18ClNO. The minimum atomic E-state index is 0.466. The van der Waals surface area contributed by atoms with E-state index in [1.54, 1.807) is 0 Å². The molecule has 0 amide bonds. The molecule has 1 atom stereocenters. The Labute approximate surface area is 124 Å². The van der Waals surface area contributed by atoms with Crippen molar-refractivity contribution >= 4 is 11.6 Å². The highest BCUT2D eigenvalue weighted by Crippen LogP contribution is 2.34. The number of hydrogen-bond acceptors (Lipinski definition) is 2. The number of aryl methyl sites for hydroxylation is 1. The molecule has 0 aromatic heterocycles. The maximum Gasteiger partial charge on any atom is 0.146 e. The van der Waals surface area contributed by atoms with Crippen molar-refractivity contribution in [2.75, 3.05) is 7.05 Å². The summed E-state index contributed by atoms with van der Waals surface area (Å²) in [5.74, 6) is 1.56. The van der Waals surface area contributed by atoms with Crippen LogP contribution in [-0.2, 0) is 6.42 Å². The Kier molecular flexibility index (Phi) is 3.95. The van der Waals surface area contributed by atoms with Crippen molar-refractivity contribution in [3.63, 3.8) is 0 Å². The predicted octanol–water partition coefficient (Wildman–Crippen LogP) is 4.73. The molecule has 2 aromatic rings. The molecule has 3 rings (SSSR count). The first-order valence-corrected chi connectivity index (χ1v) is 7.38. The molecule has 3 heteroatoms. The topological polar surface area (TPSA) is 21.3 Å². The van der Waals surface area contributed by atoms with E-state index in [0.29, 0.717) is 16.8 Å². The van der Waals surface area contributed by atoms with Gasteiger partial charge in [-0.3, -0.25) is 0 Å². The first-order chi connectivity index (χ1) is 9.78. The molecule has 0 unspecified atom stereocenters. The third-order valence-electron chi connectivity index (χ3n) is 3.84. The van der Waals surface area contributed by atoms with Gasteiger partial charge in [-0.05, 0) is 61.7 Å². The van der Waals surface area contributed by atoms with Crippen LogP contribution in [0.1, 0.15) is 30.0 Å². The number of rotatable bonds is 3. The molecule has 0 saturated carbocycles. The summed E-state index contributed by atoms with van der Waals surface area (Å²) in [6.45, 7) is 0. The minimum absolute atomic E-state index is 0.466. The lowest BCUT2D eigenvalue weighted by Crippen LogP contribution is -2.21. The zero-order valence-electron chi connectivity index (χ0n) is 11.5. The van der Waals surface area contributed by atoms with Gasteiger partial charge in [0.1, 0.15) is 11.5 Å². The summed E-state index contributed by atoms with van der Waals surface area (Å²) in [7, 11) is 2.02. The molecule has 2 nitrogen and oxygen atoms in total. The van der Waals surface area contributed by atoms with Crippen molar-refractivity contribution in [2.24, 2.45) is 0 Å². The quantitative estimate of drug-likeness (QED) is 0.881. The van der Waals surface area contributed by atoms with E-state index >= 15 is 0 Å². The van der Waals surface area contributed by atoms with E-state index in [1.807, 2.05) is 37.4 Å². The molecule has 20 heavy (non-hydrogen) atoms. The van der Waals surface area contributed by atoms with Gasteiger partial charge in [-0.1, -0.05) is 29.8 Å². The predicted molar refractivity (Wildman–Crippen MR) is 82.7 cm³/mol. The molecule has 0 bridgehead atoms. The number of halogens is 1. The zero-order valence-corrected chi connectivity index (χ0v) is 12.3. The molecule has 104 valence electrons. The van der Waals surface area contributed by atoms with Gasteiger partial charge in [0, 0.05) is 6.04 Å². The molecule has 1 aliphatic carbocycles. The van der Waals surface area contributed by atoms with E-state index in [0.717, 1.165) is 12.2 Å². The highest BCUT2D eigenvalue weighted by molar-refractivity contribution is 6.32. The monoisotopic (exact) mass is 287 g/mol. The van der Waals surface area contributed by atoms with Crippen molar-refractivity contribution in [3.05, 3.63) is 58.6 Å². The van der Waals surface area contributed by atoms with Gasteiger partial charge in [0.15, 0.2) is 0 Å². The molecule has 1 aliphatic rings. The fourth-order valence-corrected chi connectivity index (χ4v) is 2.98. The summed E-state index contributed by atoms with van der Waals surface area (Å²) in [5, 5.41) is 4.01. The summed E-state index contributed by atoms with van der Waals surface area (Å²) in [6, 6.07) is 14.4.